The highest BCUT2D eigenvalue weighted by atomic mass is 16.6. The predicted octanol–water partition coefficient (Wildman–Crippen LogP) is 0.0311. The van der Waals surface area contributed by atoms with E-state index in [0.29, 0.717) is 0 Å². The molecule has 0 aromatic carbocycles. The molecule has 0 aromatic heterocycles. The van der Waals surface area contributed by atoms with Crippen LogP contribution in [0.4, 0.5) is 0 Å². The van der Waals surface area contributed by atoms with E-state index in [0.717, 1.165) is 0 Å². The van der Waals surface area contributed by atoms with Gasteiger partial charge in [0.2, 0.25) is 0 Å². The van der Waals surface area contributed by atoms with Crippen molar-refractivity contribution >= 4 is 11.9 Å². The first-order valence-electron chi connectivity index (χ1n) is 3.20. The molecule has 11 heavy (non-hydrogen) atoms. The molecule has 0 aromatic rings. The lowest BCUT2D eigenvalue weighted by atomic mass is 10.4. The van der Waals surface area contributed by atoms with Crippen molar-refractivity contribution in [3.8, 4) is 0 Å². The number of hydrogen-bond acceptors (Lipinski definition) is 4. The summed E-state index contributed by atoms with van der Waals surface area (Å²) < 4.78 is 9.29. The van der Waals surface area contributed by atoms with Crippen molar-refractivity contribution < 1.29 is 19.1 Å². The number of hydrogen-bond donors (Lipinski definition) is 0. The Labute approximate surface area is 63.8 Å². The van der Waals surface area contributed by atoms with Crippen molar-refractivity contribution in [2.45, 2.75) is 13.0 Å². The highest BCUT2D eigenvalue weighted by Gasteiger charge is 2.16. The maximum Gasteiger partial charge on any atom is 0.331 e. The van der Waals surface area contributed by atoms with Crippen molar-refractivity contribution in [3.05, 3.63) is 12.2 Å². The van der Waals surface area contributed by atoms with Crippen LogP contribution in [0.1, 0.15) is 6.92 Å². The molecule has 4 nitrogen and oxygen atoms in total. The minimum Gasteiger partial charge on any atom is -0.462 e. The first-order chi connectivity index (χ1) is 5.18. The van der Waals surface area contributed by atoms with Gasteiger partial charge in [-0.05, 0) is 6.08 Å². The second-order valence-electron chi connectivity index (χ2n) is 2.14. The molecule has 4 heteroatoms. The average Bonchev–Trinajstić information content (AvgIpc) is 2.31. The van der Waals surface area contributed by atoms with Gasteiger partial charge in [0.15, 0.2) is 6.10 Å². The minimum atomic E-state index is -0.397. The lowest BCUT2D eigenvalue weighted by Crippen LogP contribution is -2.17. The van der Waals surface area contributed by atoms with Crippen LogP contribution in [0.25, 0.3) is 0 Å². The van der Waals surface area contributed by atoms with Crippen LogP contribution in [0.15, 0.2) is 12.2 Å². The normalized spacial score (nSPS) is 21.5. The summed E-state index contributed by atoms with van der Waals surface area (Å²) in [6.45, 7) is 1.41. The van der Waals surface area contributed by atoms with Gasteiger partial charge in [0.1, 0.15) is 6.61 Å². The van der Waals surface area contributed by atoms with Crippen molar-refractivity contribution in [3.63, 3.8) is 0 Å². The fraction of sp³-hybridized carbons (Fsp3) is 0.429. The molecular weight excluding hydrogens is 148 g/mol. The van der Waals surface area contributed by atoms with E-state index in [9.17, 15) is 9.59 Å². The number of carbonyl (C=O) groups excluding carboxylic acids is 2. The van der Waals surface area contributed by atoms with Crippen molar-refractivity contribution in [2.24, 2.45) is 0 Å². The first kappa shape index (κ1) is 7.78. The molecule has 0 saturated heterocycles. The average molecular weight is 156 g/mol. The number of rotatable bonds is 2. The summed E-state index contributed by atoms with van der Waals surface area (Å²) in [5.74, 6) is -0.761. The Morgan fingerprint density at radius 1 is 1.82 bits per heavy atom. The standard InChI is InChI=1S/C7H8O4/c1-5(8)10-4-6-2-3-7(9)11-6/h2-3,6H,4H2,1H3/t6-/m0/s1. The molecule has 0 saturated carbocycles. The third-order valence-electron chi connectivity index (χ3n) is 1.17. The SMILES string of the molecule is CC(=O)OC[C@@H]1C=CC(=O)O1. The summed E-state index contributed by atoms with van der Waals surface area (Å²) >= 11 is 0. The highest BCUT2D eigenvalue weighted by Crippen LogP contribution is 2.04. The van der Waals surface area contributed by atoms with Gasteiger partial charge >= 0.3 is 11.9 Å². The molecule has 1 atom stereocenters. The maximum atomic E-state index is 10.4. The predicted molar refractivity (Wildman–Crippen MR) is 35.7 cm³/mol. The zero-order chi connectivity index (χ0) is 8.27. The summed E-state index contributed by atoms with van der Waals surface area (Å²) in [5.41, 5.74) is 0. The summed E-state index contributed by atoms with van der Waals surface area (Å²) in [4.78, 5) is 20.7. The Morgan fingerprint density at radius 3 is 3.00 bits per heavy atom. The van der Waals surface area contributed by atoms with Crippen molar-refractivity contribution in [2.75, 3.05) is 6.61 Å². The van der Waals surface area contributed by atoms with E-state index < -0.39 is 6.10 Å². The number of cyclic esters (lactones) is 1. The largest absolute Gasteiger partial charge is 0.462 e. The van der Waals surface area contributed by atoms with Crippen LogP contribution < -0.4 is 0 Å². The molecule has 0 spiro atoms. The van der Waals surface area contributed by atoms with Gasteiger partial charge in [-0.2, -0.15) is 0 Å². The van der Waals surface area contributed by atoms with Crippen molar-refractivity contribution in [1.82, 2.24) is 0 Å². The van der Waals surface area contributed by atoms with E-state index in [1.165, 1.54) is 13.0 Å². The second kappa shape index (κ2) is 3.18. The lowest BCUT2D eigenvalue weighted by Gasteiger charge is -2.06. The zero-order valence-electron chi connectivity index (χ0n) is 6.07. The molecule has 60 valence electrons. The molecular formula is C7H8O4. The van der Waals surface area contributed by atoms with E-state index in [4.69, 9.17) is 0 Å². The Bertz CT molecular complexity index is 206. The quantitative estimate of drug-likeness (QED) is 0.529. The molecule has 1 rings (SSSR count). The van der Waals surface area contributed by atoms with Gasteiger partial charge in [-0.25, -0.2) is 4.79 Å². The van der Waals surface area contributed by atoms with Crippen molar-refractivity contribution in [1.29, 1.82) is 0 Å². The van der Waals surface area contributed by atoms with Crippen LogP contribution in [0.5, 0.6) is 0 Å². The molecule has 0 fully saturated rings. The number of esters is 2. The summed E-state index contributed by atoms with van der Waals surface area (Å²) in [6, 6.07) is 0. The summed E-state index contributed by atoms with van der Waals surface area (Å²) in [6.07, 6.45) is 2.48. The van der Waals surface area contributed by atoms with Gasteiger partial charge in [0.25, 0.3) is 0 Å². The molecule has 0 N–H and O–H groups in total. The molecule has 1 heterocycles. The van der Waals surface area contributed by atoms with Gasteiger partial charge in [-0.15, -0.1) is 0 Å². The maximum absolute atomic E-state index is 10.4. The fourth-order valence-corrected chi connectivity index (χ4v) is 0.703. The Morgan fingerprint density at radius 2 is 2.55 bits per heavy atom. The number of ether oxygens (including phenoxy) is 2. The van der Waals surface area contributed by atoms with Crippen LogP contribution in [-0.4, -0.2) is 24.6 Å². The smallest absolute Gasteiger partial charge is 0.331 e. The molecule has 0 amide bonds. The van der Waals surface area contributed by atoms with Gasteiger partial charge < -0.3 is 9.47 Å². The van der Waals surface area contributed by atoms with Gasteiger partial charge in [0, 0.05) is 13.0 Å². The fourth-order valence-electron chi connectivity index (χ4n) is 0.703. The monoisotopic (exact) mass is 156 g/mol. The number of carbonyl (C=O) groups is 2. The Hall–Kier alpha value is -1.32. The first-order valence-corrected chi connectivity index (χ1v) is 3.20. The minimum absolute atomic E-state index is 0.109. The second-order valence-corrected chi connectivity index (χ2v) is 2.14. The van der Waals surface area contributed by atoms with Gasteiger partial charge in [0.05, 0.1) is 0 Å². The van der Waals surface area contributed by atoms with E-state index >= 15 is 0 Å². The molecule has 0 radical (unpaired) electrons. The lowest BCUT2D eigenvalue weighted by molar-refractivity contribution is -0.149. The van der Waals surface area contributed by atoms with Gasteiger partial charge in [-0.1, -0.05) is 0 Å². The van der Waals surface area contributed by atoms with Crippen LogP contribution in [0.3, 0.4) is 0 Å². The third kappa shape index (κ3) is 2.41. The topological polar surface area (TPSA) is 52.6 Å². The van der Waals surface area contributed by atoms with Crippen LogP contribution in [0, 0.1) is 0 Å². The third-order valence-corrected chi connectivity index (χ3v) is 1.17. The van der Waals surface area contributed by atoms with E-state index in [2.05, 4.69) is 9.47 Å². The van der Waals surface area contributed by atoms with Crippen LogP contribution >= 0.6 is 0 Å². The highest BCUT2D eigenvalue weighted by molar-refractivity contribution is 5.84. The summed E-state index contributed by atoms with van der Waals surface area (Å²) in [7, 11) is 0. The molecule has 0 aliphatic carbocycles. The zero-order valence-corrected chi connectivity index (χ0v) is 6.07. The molecule has 0 unspecified atom stereocenters. The molecule has 0 bridgehead atoms. The molecule has 1 aliphatic rings. The van der Waals surface area contributed by atoms with Crippen LogP contribution in [0.2, 0.25) is 0 Å². The van der Waals surface area contributed by atoms with E-state index in [-0.39, 0.29) is 18.5 Å². The van der Waals surface area contributed by atoms with Crippen LogP contribution in [-0.2, 0) is 19.1 Å². The Balaban J connectivity index is 2.24. The van der Waals surface area contributed by atoms with Gasteiger partial charge in [-0.3, -0.25) is 4.79 Å². The summed E-state index contributed by atoms with van der Waals surface area (Å²) in [5, 5.41) is 0. The Kier molecular flexibility index (Phi) is 2.25. The molecule has 1 aliphatic heterocycles. The van der Waals surface area contributed by atoms with E-state index in [1.54, 1.807) is 6.08 Å². The van der Waals surface area contributed by atoms with E-state index in [1.807, 2.05) is 0 Å².